The Labute approximate surface area is 149 Å². The van der Waals surface area contributed by atoms with Crippen molar-refractivity contribution >= 4 is 32.6 Å². The number of hydrogen-bond donors (Lipinski definition) is 3. The number of aromatic nitrogens is 1. The lowest BCUT2D eigenvalue weighted by Crippen LogP contribution is -2.15. The van der Waals surface area contributed by atoms with Gasteiger partial charge in [0.05, 0.1) is 30.3 Å². The Balaban J connectivity index is 2.11. The smallest absolute Gasteiger partial charge is 0.339 e. The van der Waals surface area contributed by atoms with Crippen molar-refractivity contribution in [1.82, 2.24) is 4.98 Å². The Hall–Kier alpha value is -3.20. The van der Waals surface area contributed by atoms with Gasteiger partial charge in [0, 0.05) is 17.6 Å². The van der Waals surface area contributed by atoms with E-state index in [2.05, 4.69) is 9.71 Å². The number of methoxy groups -OCH3 is 2. The lowest BCUT2D eigenvalue weighted by molar-refractivity contribution is 0.0692. The molecule has 0 saturated carbocycles. The number of rotatable bonds is 6. The summed E-state index contributed by atoms with van der Waals surface area (Å²) in [6, 6.07) is 9.21. The normalized spacial score (nSPS) is 11.3. The minimum Gasteiger partial charge on any atom is -0.493 e. The Morgan fingerprint density at radius 1 is 1.15 bits per heavy atom. The molecule has 3 rings (SSSR count). The van der Waals surface area contributed by atoms with E-state index < -0.39 is 16.0 Å². The molecule has 3 aromatic rings. The predicted octanol–water partition coefficient (Wildman–Crippen LogP) is 2.68. The van der Waals surface area contributed by atoms with E-state index in [9.17, 15) is 18.3 Å². The highest BCUT2D eigenvalue weighted by Crippen LogP contribution is 2.35. The molecule has 0 aliphatic heterocycles. The molecule has 0 saturated heterocycles. The van der Waals surface area contributed by atoms with Crippen molar-refractivity contribution < 1.29 is 27.8 Å². The van der Waals surface area contributed by atoms with E-state index in [4.69, 9.17) is 9.47 Å². The minimum absolute atomic E-state index is 0.00542. The quantitative estimate of drug-likeness (QED) is 0.609. The number of aromatic carboxylic acids is 1. The number of carboxylic acid groups (broad SMARTS) is 1. The molecule has 136 valence electrons. The minimum atomic E-state index is -4.07. The van der Waals surface area contributed by atoms with E-state index in [1.165, 1.54) is 20.3 Å². The molecular weight excluding hydrogens is 360 g/mol. The summed E-state index contributed by atoms with van der Waals surface area (Å²) in [7, 11) is -1.49. The van der Waals surface area contributed by atoms with Crippen LogP contribution in [0.25, 0.3) is 10.9 Å². The zero-order valence-electron chi connectivity index (χ0n) is 13.9. The van der Waals surface area contributed by atoms with Crippen LogP contribution in [0.5, 0.6) is 11.5 Å². The van der Waals surface area contributed by atoms with Crippen molar-refractivity contribution in [3.8, 4) is 11.5 Å². The van der Waals surface area contributed by atoms with Gasteiger partial charge in [-0.1, -0.05) is 12.1 Å². The third kappa shape index (κ3) is 3.04. The molecular formula is C17H16N2O6S. The number of anilines is 1. The molecule has 26 heavy (non-hydrogen) atoms. The summed E-state index contributed by atoms with van der Waals surface area (Å²) in [4.78, 5) is 14.2. The van der Waals surface area contributed by atoms with Gasteiger partial charge < -0.3 is 19.6 Å². The number of benzene rings is 2. The lowest BCUT2D eigenvalue weighted by Gasteiger charge is -2.14. The fourth-order valence-electron chi connectivity index (χ4n) is 2.63. The third-order valence-corrected chi connectivity index (χ3v) is 5.17. The Bertz CT molecular complexity index is 1090. The first-order chi connectivity index (χ1) is 12.4. The van der Waals surface area contributed by atoms with Gasteiger partial charge in [0.25, 0.3) is 10.0 Å². The van der Waals surface area contributed by atoms with Crippen molar-refractivity contribution in [3.05, 3.63) is 48.2 Å². The molecule has 0 fully saturated rings. The average molecular weight is 376 g/mol. The maximum absolute atomic E-state index is 12.8. The number of fused-ring (bicyclic) bond motifs is 1. The second kappa shape index (κ2) is 6.60. The molecule has 0 bridgehead atoms. The summed E-state index contributed by atoms with van der Waals surface area (Å²) in [5.74, 6) is -1.38. The molecule has 0 radical (unpaired) electrons. The van der Waals surface area contributed by atoms with Gasteiger partial charge in [0.2, 0.25) is 0 Å². The number of sulfonamides is 1. The third-order valence-electron chi connectivity index (χ3n) is 3.82. The second-order valence-electron chi connectivity index (χ2n) is 5.36. The van der Waals surface area contributed by atoms with Crippen LogP contribution in [0, 0.1) is 0 Å². The highest BCUT2D eigenvalue weighted by atomic mass is 32.2. The fraction of sp³-hybridized carbons (Fsp3) is 0.118. The number of hydrogen-bond acceptors (Lipinski definition) is 5. The number of nitrogens with one attached hydrogen (secondary N) is 2. The highest BCUT2D eigenvalue weighted by molar-refractivity contribution is 7.92. The number of H-pyrrole nitrogens is 1. The SMILES string of the molecule is COc1cc(S(=O)(=O)Nc2cccc3cc[nH]c23)cc(C(=O)O)c1OC. The van der Waals surface area contributed by atoms with Crippen molar-refractivity contribution in [2.75, 3.05) is 18.9 Å². The summed E-state index contributed by atoms with van der Waals surface area (Å²) in [6.45, 7) is 0. The van der Waals surface area contributed by atoms with Gasteiger partial charge in [-0.2, -0.15) is 0 Å². The monoisotopic (exact) mass is 376 g/mol. The summed E-state index contributed by atoms with van der Waals surface area (Å²) in [6.07, 6.45) is 1.70. The van der Waals surface area contributed by atoms with Gasteiger partial charge in [-0.3, -0.25) is 4.72 Å². The summed E-state index contributed by atoms with van der Waals surface area (Å²) >= 11 is 0. The van der Waals surface area contributed by atoms with Crippen LogP contribution in [0.1, 0.15) is 10.4 Å². The lowest BCUT2D eigenvalue weighted by atomic mass is 10.2. The highest BCUT2D eigenvalue weighted by Gasteiger charge is 2.24. The summed E-state index contributed by atoms with van der Waals surface area (Å²) < 4.78 is 38.2. The van der Waals surface area contributed by atoms with E-state index in [0.29, 0.717) is 11.2 Å². The van der Waals surface area contributed by atoms with Crippen LogP contribution in [0.4, 0.5) is 5.69 Å². The van der Waals surface area contributed by atoms with Crippen LogP contribution in [0.15, 0.2) is 47.5 Å². The van der Waals surface area contributed by atoms with E-state index in [-0.39, 0.29) is 22.0 Å². The van der Waals surface area contributed by atoms with E-state index in [1.807, 2.05) is 12.1 Å². The van der Waals surface area contributed by atoms with Gasteiger partial charge in [-0.25, -0.2) is 13.2 Å². The molecule has 0 unspecified atom stereocenters. The molecule has 1 heterocycles. The zero-order chi connectivity index (χ0) is 18.9. The van der Waals surface area contributed by atoms with E-state index in [1.54, 1.807) is 18.3 Å². The molecule has 0 aliphatic rings. The molecule has 8 nitrogen and oxygen atoms in total. The maximum atomic E-state index is 12.8. The number of carboxylic acids is 1. The first-order valence-corrected chi connectivity index (χ1v) is 8.94. The maximum Gasteiger partial charge on any atom is 0.339 e. The Morgan fingerprint density at radius 2 is 1.92 bits per heavy atom. The van der Waals surface area contributed by atoms with Crippen LogP contribution in [0.2, 0.25) is 0 Å². The first-order valence-electron chi connectivity index (χ1n) is 7.45. The summed E-state index contributed by atoms with van der Waals surface area (Å²) in [5.41, 5.74) is 0.652. The van der Waals surface area contributed by atoms with Gasteiger partial charge in [-0.05, 0) is 18.2 Å². The van der Waals surface area contributed by atoms with Crippen molar-refractivity contribution in [3.63, 3.8) is 0 Å². The van der Waals surface area contributed by atoms with Crippen LogP contribution in [-0.2, 0) is 10.0 Å². The average Bonchev–Trinajstić information content (AvgIpc) is 3.09. The Morgan fingerprint density at radius 3 is 2.58 bits per heavy atom. The Kier molecular flexibility index (Phi) is 4.47. The van der Waals surface area contributed by atoms with E-state index >= 15 is 0 Å². The van der Waals surface area contributed by atoms with Gasteiger partial charge in [0.15, 0.2) is 11.5 Å². The molecule has 0 spiro atoms. The topological polar surface area (TPSA) is 118 Å². The largest absolute Gasteiger partial charge is 0.493 e. The van der Waals surface area contributed by atoms with Gasteiger partial charge >= 0.3 is 5.97 Å². The first kappa shape index (κ1) is 17.6. The number of para-hydroxylation sites is 1. The van der Waals surface area contributed by atoms with Crippen LogP contribution in [-0.4, -0.2) is 38.7 Å². The molecule has 9 heteroatoms. The van der Waals surface area contributed by atoms with E-state index in [0.717, 1.165) is 11.5 Å². The second-order valence-corrected chi connectivity index (χ2v) is 7.05. The number of aromatic amines is 1. The standard InChI is InChI=1S/C17H16N2O6S/c1-24-14-9-11(8-12(17(20)21)16(14)25-2)26(22,23)19-13-5-3-4-10-6-7-18-15(10)13/h3-9,18-19H,1-2H3,(H,20,21). The summed E-state index contributed by atoms with van der Waals surface area (Å²) in [5, 5.41) is 10.2. The number of ether oxygens (including phenoxy) is 2. The van der Waals surface area contributed by atoms with Crippen LogP contribution < -0.4 is 14.2 Å². The zero-order valence-corrected chi connectivity index (χ0v) is 14.8. The van der Waals surface area contributed by atoms with Gasteiger partial charge in [0.1, 0.15) is 5.56 Å². The van der Waals surface area contributed by atoms with Crippen molar-refractivity contribution in [2.45, 2.75) is 4.90 Å². The van der Waals surface area contributed by atoms with Crippen molar-refractivity contribution in [1.29, 1.82) is 0 Å². The molecule has 3 N–H and O–H groups in total. The van der Waals surface area contributed by atoms with Crippen molar-refractivity contribution in [2.24, 2.45) is 0 Å². The molecule has 1 aromatic heterocycles. The van der Waals surface area contributed by atoms with Crippen LogP contribution in [0.3, 0.4) is 0 Å². The molecule has 0 amide bonds. The van der Waals surface area contributed by atoms with Gasteiger partial charge in [-0.15, -0.1) is 0 Å². The molecule has 0 atom stereocenters. The predicted molar refractivity (Wildman–Crippen MR) is 95.6 cm³/mol. The number of carbonyl (C=O) groups is 1. The fourth-order valence-corrected chi connectivity index (χ4v) is 3.74. The molecule has 0 aliphatic carbocycles. The van der Waals surface area contributed by atoms with Crippen LogP contribution >= 0.6 is 0 Å². The molecule has 2 aromatic carbocycles.